The topological polar surface area (TPSA) is 76.0 Å². The zero-order chi connectivity index (χ0) is 13.0. The van der Waals surface area contributed by atoms with Gasteiger partial charge in [-0.15, -0.1) is 11.6 Å². The zero-order valence-electron chi connectivity index (χ0n) is 9.97. The fourth-order valence-electron chi connectivity index (χ4n) is 1.73. The summed E-state index contributed by atoms with van der Waals surface area (Å²) in [5.41, 5.74) is 0. The average molecular weight is 293 g/mol. The van der Waals surface area contributed by atoms with Crippen LogP contribution in [0, 0.1) is 0 Å². The van der Waals surface area contributed by atoms with Crippen LogP contribution in [-0.4, -0.2) is 42.9 Å². The number of nitrogens with one attached hydrogen (secondary N) is 2. The van der Waals surface area contributed by atoms with Gasteiger partial charge in [0.1, 0.15) is 5.82 Å². The Morgan fingerprint density at radius 3 is 2.89 bits per heavy atom. The normalized spacial score (nSPS) is 16.5. The minimum absolute atomic E-state index is 0.0911. The van der Waals surface area contributed by atoms with Gasteiger partial charge < -0.3 is 5.32 Å². The van der Waals surface area contributed by atoms with Crippen LogP contribution in [0.25, 0.3) is 0 Å². The van der Waals surface area contributed by atoms with Gasteiger partial charge in [-0.05, 0) is 12.8 Å². The second-order valence-electron chi connectivity index (χ2n) is 4.29. The Kier molecular flexibility index (Phi) is 4.47. The molecule has 2 heterocycles. The molecular formula is C10H17ClN4O2S. The van der Waals surface area contributed by atoms with E-state index in [4.69, 9.17) is 11.6 Å². The van der Waals surface area contributed by atoms with Crippen molar-refractivity contribution in [3.8, 4) is 0 Å². The third kappa shape index (κ3) is 3.37. The maximum absolute atomic E-state index is 11.8. The van der Waals surface area contributed by atoms with E-state index in [0.29, 0.717) is 24.5 Å². The molecule has 0 radical (unpaired) electrons. The highest BCUT2D eigenvalue weighted by Crippen LogP contribution is 2.18. The Morgan fingerprint density at radius 1 is 1.50 bits per heavy atom. The quantitative estimate of drug-likeness (QED) is 0.575. The summed E-state index contributed by atoms with van der Waals surface area (Å²) < 4.78 is 28.0. The summed E-state index contributed by atoms with van der Waals surface area (Å²) in [6.45, 7) is 1.64. The number of nitrogens with zero attached hydrogens (tertiary/aromatic N) is 2. The van der Waals surface area contributed by atoms with E-state index < -0.39 is 10.0 Å². The Morgan fingerprint density at radius 2 is 2.28 bits per heavy atom. The first-order valence-electron chi connectivity index (χ1n) is 5.93. The number of sulfonamides is 1. The van der Waals surface area contributed by atoms with Gasteiger partial charge in [0, 0.05) is 25.0 Å². The molecule has 8 heteroatoms. The Bertz CT molecular complexity index is 484. The summed E-state index contributed by atoms with van der Waals surface area (Å²) in [5, 5.41) is 7.28. The van der Waals surface area contributed by atoms with E-state index in [1.54, 1.807) is 16.9 Å². The lowest BCUT2D eigenvalue weighted by molar-refractivity contribution is 0.322. The van der Waals surface area contributed by atoms with Crippen molar-refractivity contribution in [1.82, 2.24) is 15.1 Å². The fraction of sp³-hybridized carbons (Fsp3) is 0.700. The van der Waals surface area contributed by atoms with E-state index in [-0.39, 0.29) is 11.8 Å². The zero-order valence-corrected chi connectivity index (χ0v) is 11.5. The van der Waals surface area contributed by atoms with Gasteiger partial charge >= 0.3 is 0 Å². The molecule has 1 aliphatic heterocycles. The number of anilines is 1. The van der Waals surface area contributed by atoms with Gasteiger partial charge in [0.15, 0.2) is 0 Å². The van der Waals surface area contributed by atoms with Crippen LogP contribution in [0.5, 0.6) is 0 Å². The molecule has 1 aromatic rings. The van der Waals surface area contributed by atoms with Crippen LogP contribution in [0.15, 0.2) is 12.3 Å². The van der Waals surface area contributed by atoms with Crippen molar-refractivity contribution in [2.75, 3.05) is 29.4 Å². The highest BCUT2D eigenvalue weighted by molar-refractivity contribution is 7.92. The van der Waals surface area contributed by atoms with E-state index in [2.05, 4.69) is 15.1 Å². The van der Waals surface area contributed by atoms with Gasteiger partial charge in [-0.3, -0.25) is 4.72 Å². The maximum Gasteiger partial charge on any atom is 0.233 e. The molecular weight excluding hydrogens is 276 g/mol. The van der Waals surface area contributed by atoms with Crippen LogP contribution < -0.4 is 10.0 Å². The monoisotopic (exact) mass is 292 g/mol. The molecule has 0 unspecified atom stereocenters. The lowest BCUT2D eigenvalue weighted by Crippen LogP contribution is -2.44. The number of hydrogen-bond acceptors (Lipinski definition) is 4. The number of alkyl halides is 1. The van der Waals surface area contributed by atoms with Crippen molar-refractivity contribution in [2.45, 2.75) is 18.9 Å². The molecule has 0 aromatic carbocycles. The maximum atomic E-state index is 11.8. The SMILES string of the molecule is O=S(=O)(CCCCCl)Nc1ccnn1C1CNC1. The summed E-state index contributed by atoms with van der Waals surface area (Å²) in [6.07, 6.45) is 2.88. The molecule has 18 heavy (non-hydrogen) atoms. The molecule has 102 valence electrons. The Labute approximate surface area is 112 Å². The largest absolute Gasteiger partial charge is 0.312 e. The van der Waals surface area contributed by atoms with Crippen LogP contribution >= 0.6 is 11.6 Å². The first kappa shape index (κ1) is 13.6. The van der Waals surface area contributed by atoms with Crippen molar-refractivity contribution in [2.24, 2.45) is 0 Å². The molecule has 0 saturated carbocycles. The summed E-state index contributed by atoms with van der Waals surface area (Å²) in [7, 11) is -3.31. The van der Waals surface area contributed by atoms with Gasteiger partial charge in [0.05, 0.1) is 18.0 Å². The Balaban J connectivity index is 1.97. The van der Waals surface area contributed by atoms with Crippen molar-refractivity contribution >= 4 is 27.4 Å². The lowest BCUT2D eigenvalue weighted by Gasteiger charge is -2.28. The molecule has 1 aliphatic rings. The third-order valence-corrected chi connectivity index (χ3v) is 4.45. The molecule has 0 atom stereocenters. The molecule has 1 saturated heterocycles. The number of unbranched alkanes of at least 4 members (excludes halogenated alkanes) is 1. The van der Waals surface area contributed by atoms with Gasteiger partial charge in [0.25, 0.3) is 0 Å². The van der Waals surface area contributed by atoms with Crippen molar-refractivity contribution in [1.29, 1.82) is 0 Å². The second-order valence-corrected chi connectivity index (χ2v) is 6.51. The van der Waals surface area contributed by atoms with Crippen LogP contribution in [-0.2, 0) is 10.0 Å². The van der Waals surface area contributed by atoms with E-state index in [1.807, 2.05) is 0 Å². The van der Waals surface area contributed by atoms with Crippen LogP contribution in [0.4, 0.5) is 5.82 Å². The van der Waals surface area contributed by atoms with Crippen LogP contribution in [0.3, 0.4) is 0 Å². The summed E-state index contributed by atoms with van der Waals surface area (Å²) in [6, 6.07) is 1.91. The predicted octanol–water partition coefficient (Wildman–Crippen LogP) is 0.788. The number of rotatable bonds is 7. The molecule has 1 fully saturated rings. The van der Waals surface area contributed by atoms with E-state index in [9.17, 15) is 8.42 Å². The smallest absolute Gasteiger partial charge is 0.233 e. The van der Waals surface area contributed by atoms with Crippen LogP contribution in [0.1, 0.15) is 18.9 Å². The number of aromatic nitrogens is 2. The lowest BCUT2D eigenvalue weighted by atomic mass is 10.2. The molecule has 2 rings (SSSR count). The first-order valence-corrected chi connectivity index (χ1v) is 8.12. The number of halogens is 1. The average Bonchev–Trinajstić information content (AvgIpc) is 2.63. The summed E-state index contributed by atoms with van der Waals surface area (Å²) >= 11 is 5.53. The molecule has 2 N–H and O–H groups in total. The van der Waals surface area contributed by atoms with E-state index in [1.165, 1.54) is 0 Å². The third-order valence-electron chi connectivity index (χ3n) is 2.83. The highest BCUT2D eigenvalue weighted by Gasteiger charge is 2.23. The van der Waals surface area contributed by atoms with Gasteiger partial charge in [0.2, 0.25) is 10.0 Å². The highest BCUT2D eigenvalue weighted by atomic mass is 35.5. The first-order chi connectivity index (χ1) is 8.62. The van der Waals surface area contributed by atoms with Crippen LogP contribution in [0.2, 0.25) is 0 Å². The second kappa shape index (κ2) is 5.90. The van der Waals surface area contributed by atoms with Gasteiger partial charge in [-0.25, -0.2) is 13.1 Å². The molecule has 0 spiro atoms. The van der Waals surface area contributed by atoms with Gasteiger partial charge in [-0.2, -0.15) is 5.10 Å². The van der Waals surface area contributed by atoms with Crippen molar-refractivity contribution < 1.29 is 8.42 Å². The Hall–Kier alpha value is -0.790. The molecule has 0 amide bonds. The minimum atomic E-state index is -3.31. The van der Waals surface area contributed by atoms with E-state index >= 15 is 0 Å². The summed E-state index contributed by atoms with van der Waals surface area (Å²) in [5.74, 6) is 1.11. The predicted molar refractivity (Wildman–Crippen MR) is 71.5 cm³/mol. The molecule has 1 aromatic heterocycles. The number of hydrogen-bond donors (Lipinski definition) is 2. The van der Waals surface area contributed by atoms with Crippen molar-refractivity contribution in [3.05, 3.63) is 12.3 Å². The molecule has 0 bridgehead atoms. The minimum Gasteiger partial charge on any atom is -0.312 e. The molecule has 0 aliphatic carbocycles. The van der Waals surface area contributed by atoms with Crippen molar-refractivity contribution in [3.63, 3.8) is 0 Å². The molecule has 6 nitrogen and oxygen atoms in total. The standard InChI is InChI=1S/C10H17ClN4O2S/c11-4-1-2-6-18(16,17)14-10-3-5-13-15(10)9-7-12-8-9/h3,5,9,12,14H,1-2,4,6-8H2. The van der Waals surface area contributed by atoms with Gasteiger partial charge in [-0.1, -0.05) is 0 Å². The van der Waals surface area contributed by atoms with E-state index in [0.717, 1.165) is 13.1 Å². The fourth-order valence-corrected chi connectivity index (χ4v) is 3.08. The summed E-state index contributed by atoms with van der Waals surface area (Å²) in [4.78, 5) is 0.